The van der Waals surface area contributed by atoms with E-state index in [1.807, 2.05) is 6.07 Å². The summed E-state index contributed by atoms with van der Waals surface area (Å²) in [6.07, 6.45) is 0.902. The molecule has 0 bridgehead atoms. The maximum Gasteiger partial charge on any atom is 0.237 e. The van der Waals surface area contributed by atoms with E-state index >= 15 is 0 Å². The van der Waals surface area contributed by atoms with Crippen molar-refractivity contribution in [1.82, 2.24) is 14.9 Å². The molecule has 1 aromatic rings. The zero-order valence-corrected chi connectivity index (χ0v) is 18.6. The van der Waals surface area contributed by atoms with Gasteiger partial charge in [-0.1, -0.05) is 18.6 Å². The molecule has 1 fully saturated rings. The molecule has 0 saturated carbocycles. The van der Waals surface area contributed by atoms with Gasteiger partial charge in [0.05, 0.1) is 17.9 Å². The van der Waals surface area contributed by atoms with E-state index in [2.05, 4.69) is 10.0 Å². The Morgan fingerprint density at radius 2 is 2.07 bits per heavy atom. The molecule has 1 amide bonds. The molecule has 1 aliphatic heterocycles. The van der Waals surface area contributed by atoms with Crippen LogP contribution in [0.5, 0.6) is 5.75 Å². The molecule has 1 aliphatic rings. The second kappa shape index (κ2) is 10.5. The number of nitrogens with zero attached hydrogens (tertiary/aromatic N) is 1. The molecule has 1 aromatic carbocycles. The molecule has 0 radical (unpaired) electrons. The Morgan fingerprint density at radius 1 is 1.33 bits per heavy atom. The van der Waals surface area contributed by atoms with Gasteiger partial charge in [-0.25, -0.2) is 13.1 Å². The van der Waals surface area contributed by atoms with E-state index in [1.165, 1.54) is 0 Å². The first kappa shape index (κ1) is 24.5. The fraction of sp³-hybridized carbons (Fsp3) is 0.650. The van der Waals surface area contributed by atoms with Gasteiger partial charge in [-0.05, 0) is 51.3 Å². The molecule has 30 heavy (non-hydrogen) atoms. The summed E-state index contributed by atoms with van der Waals surface area (Å²) in [6.45, 7) is 5.90. The fourth-order valence-corrected chi connectivity index (χ4v) is 4.44. The summed E-state index contributed by atoms with van der Waals surface area (Å²) in [6, 6.07) is 6.71. The number of aliphatic hydroxyl groups excluding tert-OH is 1. The van der Waals surface area contributed by atoms with Gasteiger partial charge in [0.15, 0.2) is 6.35 Å². The van der Waals surface area contributed by atoms with Gasteiger partial charge in [-0.3, -0.25) is 9.69 Å². The Balaban J connectivity index is 1.75. The van der Waals surface area contributed by atoms with Crippen molar-refractivity contribution in [1.29, 1.82) is 0 Å². The summed E-state index contributed by atoms with van der Waals surface area (Å²) in [5.41, 5.74) is -0.186. The highest BCUT2D eigenvalue weighted by atomic mass is 32.2. The van der Waals surface area contributed by atoms with E-state index in [-0.39, 0.29) is 24.8 Å². The highest BCUT2D eigenvalue weighted by Crippen LogP contribution is 2.21. The highest BCUT2D eigenvalue weighted by Gasteiger charge is 2.26. The van der Waals surface area contributed by atoms with Gasteiger partial charge >= 0.3 is 0 Å². The summed E-state index contributed by atoms with van der Waals surface area (Å²) >= 11 is 0. The van der Waals surface area contributed by atoms with Crippen molar-refractivity contribution >= 4 is 15.9 Å². The van der Waals surface area contributed by atoms with Gasteiger partial charge in [0.1, 0.15) is 12.4 Å². The van der Waals surface area contributed by atoms with Crippen molar-refractivity contribution in [3.63, 3.8) is 0 Å². The summed E-state index contributed by atoms with van der Waals surface area (Å²) in [5, 5.41) is 21.8. The van der Waals surface area contributed by atoms with Crippen molar-refractivity contribution in [2.75, 3.05) is 25.4 Å². The van der Waals surface area contributed by atoms with Crippen molar-refractivity contribution in [3.05, 3.63) is 29.8 Å². The number of carbonyl (C=O) groups is 1. The number of carbonyl (C=O) groups excluding carboxylic acids is 1. The largest absolute Gasteiger partial charge is 0.491 e. The molecule has 4 N–H and O–H groups in total. The Labute approximate surface area is 178 Å². The summed E-state index contributed by atoms with van der Waals surface area (Å²) in [5.74, 6) is 0.363. The Morgan fingerprint density at radius 3 is 2.70 bits per heavy atom. The predicted molar refractivity (Wildman–Crippen MR) is 113 cm³/mol. The van der Waals surface area contributed by atoms with Crippen LogP contribution in [0.2, 0.25) is 0 Å². The third kappa shape index (κ3) is 8.57. The van der Waals surface area contributed by atoms with Crippen LogP contribution >= 0.6 is 0 Å². The second-order valence-electron chi connectivity index (χ2n) is 8.30. The average Bonchev–Trinajstić information content (AvgIpc) is 2.96. The Bertz CT molecular complexity index is 809. The van der Waals surface area contributed by atoms with E-state index < -0.39 is 28.0 Å². The Kier molecular flexibility index (Phi) is 8.62. The van der Waals surface area contributed by atoms with Crippen molar-refractivity contribution in [3.8, 4) is 5.75 Å². The third-order valence-corrected chi connectivity index (χ3v) is 6.19. The molecule has 2 rings (SSSR count). The minimum Gasteiger partial charge on any atom is -0.491 e. The van der Waals surface area contributed by atoms with Crippen LogP contribution in [0.3, 0.4) is 0 Å². The van der Waals surface area contributed by atoms with Crippen molar-refractivity contribution in [2.24, 2.45) is 0 Å². The number of hydrogen-bond acceptors (Lipinski definition) is 7. The van der Waals surface area contributed by atoms with E-state index in [1.54, 1.807) is 43.9 Å². The molecule has 1 saturated heterocycles. The fourth-order valence-electron chi connectivity index (χ4n) is 3.07. The zero-order chi connectivity index (χ0) is 22.4. The SMILES string of the molecule is C[C@@H](NS(=O)(=O)CCCCCN1CC(=O)NC1O)c1cccc(OCC(C)(C)O)c1. The predicted octanol–water partition coefficient (Wildman–Crippen LogP) is 0.695. The lowest BCUT2D eigenvalue weighted by Crippen LogP contribution is -2.36. The molecule has 1 unspecified atom stereocenters. The van der Waals surface area contributed by atoms with Crippen molar-refractivity contribution < 1.29 is 28.2 Å². The smallest absolute Gasteiger partial charge is 0.237 e. The number of sulfonamides is 1. The number of benzene rings is 1. The molecular weight excluding hydrogens is 410 g/mol. The monoisotopic (exact) mass is 443 g/mol. The summed E-state index contributed by atoms with van der Waals surface area (Å²) < 4.78 is 33.0. The molecular formula is C20H33N3O6S. The van der Waals surface area contributed by atoms with E-state index in [9.17, 15) is 23.4 Å². The number of nitrogens with one attached hydrogen (secondary N) is 2. The van der Waals surface area contributed by atoms with Crippen LogP contribution in [-0.2, 0) is 14.8 Å². The molecule has 9 nitrogen and oxygen atoms in total. The van der Waals surface area contributed by atoms with Gasteiger partial charge < -0.3 is 20.3 Å². The molecule has 10 heteroatoms. The van der Waals surface area contributed by atoms with Crippen LogP contribution in [0.25, 0.3) is 0 Å². The minimum absolute atomic E-state index is 0.00592. The van der Waals surface area contributed by atoms with Gasteiger partial charge in [0, 0.05) is 12.6 Å². The molecule has 2 atom stereocenters. The molecule has 0 aliphatic carbocycles. The van der Waals surface area contributed by atoms with Crippen LogP contribution in [-0.4, -0.2) is 66.8 Å². The zero-order valence-electron chi connectivity index (χ0n) is 17.8. The third-order valence-electron chi connectivity index (χ3n) is 4.65. The molecule has 0 spiro atoms. The van der Waals surface area contributed by atoms with Gasteiger partial charge in [-0.2, -0.15) is 0 Å². The van der Waals surface area contributed by atoms with E-state index in [0.29, 0.717) is 31.6 Å². The highest BCUT2D eigenvalue weighted by molar-refractivity contribution is 7.89. The molecule has 1 heterocycles. The van der Waals surface area contributed by atoms with Crippen LogP contribution in [0.15, 0.2) is 24.3 Å². The number of hydrogen-bond donors (Lipinski definition) is 4. The lowest BCUT2D eigenvalue weighted by atomic mass is 10.1. The lowest BCUT2D eigenvalue weighted by Gasteiger charge is -2.19. The minimum atomic E-state index is -3.46. The maximum absolute atomic E-state index is 12.4. The summed E-state index contributed by atoms with van der Waals surface area (Å²) in [7, 11) is -3.46. The molecule has 170 valence electrons. The van der Waals surface area contributed by atoms with Crippen LogP contribution < -0.4 is 14.8 Å². The first-order valence-electron chi connectivity index (χ1n) is 10.1. The van der Waals surface area contributed by atoms with Crippen LogP contribution in [0.1, 0.15) is 51.6 Å². The normalized spacial score (nSPS) is 19.0. The van der Waals surface area contributed by atoms with Gasteiger partial charge in [0.25, 0.3) is 0 Å². The standard InChI is InChI=1S/C20H33N3O6S/c1-15(16-8-7-9-17(12-16)29-14-20(2,3)26)22-30(27,28)11-6-4-5-10-23-13-18(24)21-19(23)25/h7-9,12,15,19,22,25-26H,4-6,10-11,13-14H2,1-3H3,(H,21,24)/t15-,19?/m1/s1. The number of aliphatic hydroxyl groups is 2. The number of rotatable bonds is 12. The van der Waals surface area contributed by atoms with Crippen molar-refractivity contribution in [2.45, 2.75) is 58.0 Å². The van der Waals surface area contributed by atoms with E-state index in [0.717, 1.165) is 5.56 Å². The Hall–Kier alpha value is -1.72. The average molecular weight is 444 g/mol. The van der Waals surface area contributed by atoms with Gasteiger partial charge in [0.2, 0.25) is 15.9 Å². The number of unbranched alkanes of at least 4 members (excludes halogenated alkanes) is 2. The summed E-state index contributed by atoms with van der Waals surface area (Å²) in [4.78, 5) is 12.8. The maximum atomic E-state index is 12.4. The topological polar surface area (TPSA) is 128 Å². The second-order valence-corrected chi connectivity index (χ2v) is 10.2. The van der Waals surface area contributed by atoms with Crippen LogP contribution in [0.4, 0.5) is 0 Å². The number of ether oxygens (including phenoxy) is 1. The van der Waals surface area contributed by atoms with E-state index in [4.69, 9.17) is 4.74 Å². The number of amides is 1. The molecule has 0 aromatic heterocycles. The quantitative estimate of drug-likeness (QED) is 0.350. The van der Waals surface area contributed by atoms with Gasteiger partial charge in [-0.15, -0.1) is 0 Å². The first-order valence-corrected chi connectivity index (χ1v) is 11.8. The van der Waals surface area contributed by atoms with Crippen LogP contribution in [0, 0.1) is 0 Å². The first-order chi connectivity index (χ1) is 14.0. The lowest BCUT2D eigenvalue weighted by molar-refractivity contribution is -0.119.